The maximum Gasteiger partial charge on any atom is 0.265 e. The molecule has 2 aromatic heterocycles. The summed E-state index contributed by atoms with van der Waals surface area (Å²) >= 11 is 0. The van der Waals surface area contributed by atoms with Gasteiger partial charge in [-0.15, -0.1) is 0 Å². The van der Waals surface area contributed by atoms with Crippen molar-refractivity contribution < 1.29 is 22.1 Å². The SMILES string of the molecule is CN1C(COc2cc(-c3cnc4c(c3)CCCC4)c3nc[nH]c3c2C(N)=O)CCCC1OS(C)(=O)=O. The van der Waals surface area contributed by atoms with Crippen LogP contribution in [-0.2, 0) is 27.1 Å². The van der Waals surface area contributed by atoms with Crippen molar-refractivity contribution >= 4 is 27.1 Å². The standard InChI is InChI=1S/C25H31N5O5S/c1-30-17(7-5-9-21(30)35-36(2,32)33)13-34-20-11-18(23-24(29-14-28-23)22(20)25(26)31)16-10-15-6-3-4-8-19(15)27-12-16/h10-12,14,17,21H,3-9,13H2,1-2H3,(H2,26,31)(H,28,29). The number of amides is 1. The third kappa shape index (κ3) is 4.95. The topological polar surface area (TPSA) is 140 Å². The van der Waals surface area contributed by atoms with E-state index < -0.39 is 22.3 Å². The summed E-state index contributed by atoms with van der Waals surface area (Å²) in [6, 6.07) is 3.86. The molecule has 10 nitrogen and oxygen atoms in total. The number of ether oxygens (including phenoxy) is 1. The molecular weight excluding hydrogens is 482 g/mol. The van der Waals surface area contributed by atoms with Crippen molar-refractivity contribution in [3.05, 3.63) is 41.5 Å². The normalized spacial score (nSPS) is 20.8. The van der Waals surface area contributed by atoms with E-state index in [1.165, 1.54) is 11.9 Å². The Labute approximate surface area is 210 Å². The zero-order valence-electron chi connectivity index (χ0n) is 20.5. The van der Waals surface area contributed by atoms with E-state index in [1.807, 2.05) is 24.2 Å². The number of rotatable bonds is 7. The molecule has 36 heavy (non-hydrogen) atoms. The van der Waals surface area contributed by atoms with Crippen LogP contribution in [0.4, 0.5) is 0 Å². The fraction of sp³-hybridized carbons (Fsp3) is 0.480. The average Bonchev–Trinajstić information content (AvgIpc) is 3.32. The van der Waals surface area contributed by atoms with Gasteiger partial charge in [-0.2, -0.15) is 8.42 Å². The number of carbonyl (C=O) groups excluding carboxylic acids is 1. The number of imidazole rings is 1. The summed E-state index contributed by atoms with van der Waals surface area (Å²) in [5.41, 5.74) is 11.2. The molecule has 192 valence electrons. The van der Waals surface area contributed by atoms with Crippen LogP contribution in [0.3, 0.4) is 0 Å². The number of hydrogen-bond acceptors (Lipinski definition) is 8. The molecular formula is C25H31N5O5S. The first kappa shape index (κ1) is 24.7. The quantitative estimate of drug-likeness (QED) is 0.460. The third-order valence-corrected chi connectivity index (χ3v) is 7.70. The number of piperidine rings is 1. The van der Waals surface area contributed by atoms with E-state index >= 15 is 0 Å². The minimum atomic E-state index is -3.59. The van der Waals surface area contributed by atoms with Crippen LogP contribution in [0.15, 0.2) is 24.7 Å². The van der Waals surface area contributed by atoms with Crippen molar-refractivity contribution in [2.75, 3.05) is 19.9 Å². The second kappa shape index (κ2) is 9.79. The van der Waals surface area contributed by atoms with E-state index in [1.54, 1.807) is 0 Å². The average molecular weight is 514 g/mol. The van der Waals surface area contributed by atoms with Crippen LogP contribution in [0.1, 0.15) is 53.7 Å². The van der Waals surface area contributed by atoms with Crippen molar-refractivity contribution in [1.29, 1.82) is 0 Å². The first-order valence-corrected chi connectivity index (χ1v) is 14.0. The molecule has 5 rings (SSSR count). The minimum Gasteiger partial charge on any atom is -0.491 e. The molecule has 3 N–H and O–H groups in total. The van der Waals surface area contributed by atoms with Crippen molar-refractivity contribution in [2.45, 2.75) is 57.2 Å². The van der Waals surface area contributed by atoms with Crippen molar-refractivity contribution in [3.8, 4) is 16.9 Å². The highest BCUT2D eigenvalue weighted by Crippen LogP contribution is 2.37. The van der Waals surface area contributed by atoms with Crippen molar-refractivity contribution in [1.82, 2.24) is 19.9 Å². The molecule has 2 aliphatic rings. The second-order valence-electron chi connectivity index (χ2n) is 9.64. The molecule has 1 saturated heterocycles. The summed E-state index contributed by atoms with van der Waals surface area (Å²) in [5, 5.41) is 0. The minimum absolute atomic E-state index is 0.0995. The Bertz CT molecular complexity index is 1400. The fourth-order valence-corrected chi connectivity index (χ4v) is 5.91. The number of nitrogens with two attached hydrogens (primary N) is 1. The van der Waals surface area contributed by atoms with E-state index in [9.17, 15) is 13.2 Å². The molecule has 2 unspecified atom stereocenters. The number of likely N-dealkylation sites (N-methyl/N-ethyl adjacent to an activating group) is 1. The summed E-state index contributed by atoms with van der Waals surface area (Å²) in [4.78, 5) is 26.6. The number of aromatic nitrogens is 3. The zero-order chi connectivity index (χ0) is 25.4. The van der Waals surface area contributed by atoms with Gasteiger partial charge in [0.1, 0.15) is 24.1 Å². The summed E-state index contributed by atoms with van der Waals surface area (Å²) in [5.74, 6) is -0.267. The maximum absolute atomic E-state index is 12.5. The Hall–Kier alpha value is -3.02. The molecule has 0 radical (unpaired) electrons. The lowest BCUT2D eigenvalue weighted by Crippen LogP contribution is -2.48. The van der Waals surface area contributed by atoms with Gasteiger partial charge in [-0.3, -0.25) is 18.9 Å². The molecule has 1 aliphatic carbocycles. The van der Waals surface area contributed by atoms with E-state index in [4.69, 9.17) is 19.6 Å². The number of aryl methyl sites for hydroxylation is 2. The first-order valence-electron chi connectivity index (χ1n) is 12.2. The predicted octanol–water partition coefficient (Wildman–Crippen LogP) is 2.77. The lowest BCUT2D eigenvalue weighted by Gasteiger charge is -2.38. The monoisotopic (exact) mass is 513 g/mol. The van der Waals surface area contributed by atoms with Gasteiger partial charge in [-0.05, 0) is 69.7 Å². The van der Waals surface area contributed by atoms with Gasteiger partial charge in [-0.25, -0.2) is 4.98 Å². The number of nitrogens with zero attached hydrogens (tertiary/aromatic N) is 3. The Balaban J connectivity index is 1.48. The van der Waals surface area contributed by atoms with Crippen molar-refractivity contribution in [2.24, 2.45) is 5.73 Å². The molecule has 3 heterocycles. The number of aromatic amines is 1. The van der Waals surface area contributed by atoms with E-state index in [0.29, 0.717) is 23.2 Å². The number of carbonyl (C=O) groups is 1. The summed E-state index contributed by atoms with van der Waals surface area (Å²) < 4.78 is 34.8. The van der Waals surface area contributed by atoms with Crippen LogP contribution >= 0.6 is 0 Å². The molecule has 1 aliphatic heterocycles. The van der Waals surface area contributed by atoms with Crippen LogP contribution in [0.25, 0.3) is 22.2 Å². The van der Waals surface area contributed by atoms with Gasteiger partial charge in [0.15, 0.2) is 0 Å². The number of hydrogen-bond donors (Lipinski definition) is 2. The molecule has 1 aromatic carbocycles. The second-order valence-corrected chi connectivity index (χ2v) is 11.2. The van der Waals surface area contributed by atoms with Crippen LogP contribution in [0.5, 0.6) is 5.75 Å². The summed E-state index contributed by atoms with van der Waals surface area (Å²) in [6.07, 6.45) is 10.4. The van der Waals surface area contributed by atoms with Gasteiger partial charge in [0, 0.05) is 29.1 Å². The van der Waals surface area contributed by atoms with Gasteiger partial charge in [0.05, 0.1) is 23.6 Å². The molecule has 11 heteroatoms. The number of pyridine rings is 1. The Morgan fingerprint density at radius 3 is 2.78 bits per heavy atom. The fourth-order valence-electron chi connectivity index (χ4n) is 5.27. The van der Waals surface area contributed by atoms with Crippen LogP contribution in [0, 0.1) is 0 Å². The largest absolute Gasteiger partial charge is 0.491 e. The van der Waals surface area contributed by atoms with Crippen LogP contribution < -0.4 is 10.5 Å². The number of nitrogens with one attached hydrogen (secondary N) is 1. The number of H-pyrrole nitrogens is 1. The summed E-state index contributed by atoms with van der Waals surface area (Å²) in [7, 11) is -1.77. The molecule has 0 saturated carbocycles. The number of fused-ring (bicyclic) bond motifs is 2. The Kier molecular flexibility index (Phi) is 6.71. The van der Waals surface area contributed by atoms with Gasteiger partial charge < -0.3 is 15.5 Å². The van der Waals surface area contributed by atoms with Gasteiger partial charge in [0.25, 0.3) is 16.0 Å². The summed E-state index contributed by atoms with van der Waals surface area (Å²) in [6.45, 7) is 0.238. The van der Waals surface area contributed by atoms with E-state index in [2.05, 4.69) is 16.0 Å². The van der Waals surface area contributed by atoms with Crippen molar-refractivity contribution in [3.63, 3.8) is 0 Å². The predicted molar refractivity (Wildman–Crippen MR) is 135 cm³/mol. The highest BCUT2D eigenvalue weighted by molar-refractivity contribution is 7.86. The zero-order valence-corrected chi connectivity index (χ0v) is 21.3. The Morgan fingerprint density at radius 1 is 1.19 bits per heavy atom. The molecule has 2 atom stereocenters. The van der Waals surface area contributed by atoms with E-state index in [0.717, 1.165) is 61.6 Å². The van der Waals surface area contributed by atoms with Gasteiger partial charge in [-0.1, -0.05) is 0 Å². The molecule has 0 spiro atoms. The molecule has 1 amide bonds. The highest BCUT2D eigenvalue weighted by atomic mass is 32.2. The van der Waals surface area contributed by atoms with Crippen LogP contribution in [-0.4, -0.2) is 66.4 Å². The lowest BCUT2D eigenvalue weighted by atomic mass is 9.93. The molecule has 3 aromatic rings. The van der Waals surface area contributed by atoms with Gasteiger partial charge in [0.2, 0.25) is 0 Å². The van der Waals surface area contributed by atoms with Gasteiger partial charge >= 0.3 is 0 Å². The molecule has 1 fully saturated rings. The third-order valence-electron chi connectivity index (χ3n) is 7.13. The highest BCUT2D eigenvalue weighted by Gasteiger charge is 2.31. The number of primary amides is 1. The molecule has 0 bridgehead atoms. The maximum atomic E-state index is 12.5. The number of likely N-dealkylation sites (tertiary alicyclic amines) is 1. The lowest BCUT2D eigenvalue weighted by molar-refractivity contribution is -0.0283. The Morgan fingerprint density at radius 2 is 2.00 bits per heavy atom. The smallest absolute Gasteiger partial charge is 0.265 e. The first-order chi connectivity index (χ1) is 17.2. The van der Waals surface area contributed by atoms with Crippen LogP contribution in [0.2, 0.25) is 0 Å². The van der Waals surface area contributed by atoms with E-state index in [-0.39, 0.29) is 18.2 Å². The number of benzene rings is 1.